The molecule has 2 aromatic heterocycles. The molecule has 2 aliphatic heterocycles. The zero-order valence-electron chi connectivity index (χ0n) is 21.4. The number of aromatic nitrogens is 1. The van der Waals surface area contributed by atoms with E-state index in [1.807, 2.05) is 36.5 Å². The van der Waals surface area contributed by atoms with Crippen molar-refractivity contribution in [2.75, 3.05) is 0 Å². The fourth-order valence-corrected chi connectivity index (χ4v) is 8.31. The molecule has 2 aliphatic rings. The number of pyridine rings is 1. The molecule has 6 heteroatoms. The predicted molar refractivity (Wildman–Crippen MR) is 158 cm³/mol. The van der Waals surface area contributed by atoms with E-state index in [0.717, 1.165) is 72.6 Å². The molecule has 0 spiro atoms. The van der Waals surface area contributed by atoms with E-state index >= 15 is 0 Å². The number of furan rings is 1. The van der Waals surface area contributed by atoms with Crippen molar-refractivity contribution in [1.82, 2.24) is 4.98 Å². The molecule has 182 valence electrons. The van der Waals surface area contributed by atoms with E-state index in [4.69, 9.17) is 18.9 Å². The van der Waals surface area contributed by atoms with Crippen molar-refractivity contribution in [3.05, 3.63) is 91.1 Å². The number of fused-ring (bicyclic) bond motifs is 7. The Hall–Kier alpha value is -3.96. The standard InChI is InChI=1S/C32H24BGeNO3/c1-34(2,3)19-14-15-35-25(16-19)21-9-6-8-20-22-17-30-24(18-29(22)38-32(20)21)33-23-10-4-5-11-26(23)36-27-12-7-13-28(37-30)31(27)33/h4-18H,1-3H3. The van der Waals surface area contributed by atoms with E-state index in [-0.39, 0.29) is 6.71 Å². The molecule has 0 N–H and O–H groups in total. The molecule has 0 atom stereocenters. The van der Waals surface area contributed by atoms with Gasteiger partial charge in [-0.3, -0.25) is 0 Å². The maximum absolute atomic E-state index is 6.64. The summed E-state index contributed by atoms with van der Waals surface area (Å²) in [5.74, 6) is 10.7. The number of ether oxygens (including phenoxy) is 2. The van der Waals surface area contributed by atoms with Crippen LogP contribution in [0, 0.1) is 0 Å². The van der Waals surface area contributed by atoms with Gasteiger partial charge in [-0.15, -0.1) is 0 Å². The Morgan fingerprint density at radius 3 is 2.29 bits per heavy atom. The molecule has 0 fully saturated rings. The number of para-hydroxylation sites is 2. The van der Waals surface area contributed by atoms with Crippen molar-refractivity contribution >= 4 is 62.7 Å². The van der Waals surface area contributed by atoms with Crippen LogP contribution in [0.2, 0.25) is 17.3 Å². The summed E-state index contributed by atoms with van der Waals surface area (Å²) in [4.78, 5) is 4.75. The topological polar surface area (TPSA) is 44.5 Å². The zero-order valence-corrected chi connectivity index (χ0v) is 23.5. The normalized spacial score (nSPS) is 13.5. The number of hydrogen-bond acceptors (Lipinski definition) is 4. The first-order valence-corrected chi connectivity index (χ1v) is 20.3. The molecule has 0 unspecified atom stereocenters. The van der Waals surface area contributed by atoms with Crippen LogP contribution in [0.4, 0.5) is 0 Å². The molecule has 0 amide bonds. The van der Waals surface area contributed by atoms with Crippen LogP contribution in [0.3, 0.4) is 0 Å². The Morgan fingerprint density at radius 2 is 1.45 bits per heavy atom. The van der Waals surface area contributed by atoms with Crippen molar-refractivity contribution < 1.29 is 13.9 Å². The van der Waals surface area contributed by atoms with Gasteiger partial charge in [0.05, 0.1) is 0 Å². The summed E-state index contributed by atoms with van der Waals surface area (Å²) in [6.07, 6.45) is 1.94. The van der Waals surface area contributed by atoms with E-state index in [2.05, 4.69) is 71.9 Å². The molecule has 38 heavy (non-hydrogen) atoms. The van der Waals surface area contributed by atoms with Gasteiger partial charge in [0, 0.05) is 0 Å². The molecular formula is C32H24BGeNO3. The number of benzene rings is 4. The van der Waals surface area contributed by atoms with Crippen molar-refractivity contribution in [2.45, 2.75) is 17.3 Å². The van der Waals surface area contributed by atoms with Crippen LogP contribution in [0.15, 0.2) is 95.5 Å². The summed E-state index contributed by atoms with van der Waals surface area (Å²) in [5.41, 5.74) is 7.00. The van der Waals surface area contributed by atoms with Gasteiger partial charge in [0.15, 0.2) is 0 Å². The molecule has 0 aliphatic carbocycles. The van der Waals surface area contributed by atoms with Gasteiger partial charge in [-0.2, -0.15) is 0 Å². The Labute approximate surface area is 223 Å². The predicted octanol–water partition coefficient (Wildman–Crippen LogP) is 5.92. The molecule has 0 saturated carbocycles. The summed E-state index contributed by atoms with van der Waals surface area (Å²) < 4.78 is 20.8. The zero-order chi connectivity index (χ0) is 25.6. The van der Waals surface area contributed by atoms with E-state index in [1.54, 1.807) is 0 Å². The summed E-state index contributed by atoms with van der Waals surface area (Å²) in [7, 11) is 0. The summed E-state index contributed by atoms with van der Waals surface area (Å²) >= 11 is -2.01. The van der Waals surface area contributed by atoms with Crippen LogP contribution in [0.5, 0.6) is 23.0 Å². The van der Waals surface area contributed by atoms with Gasteiger partial charge >= 0.3 is 189 Å². The fraction of sp³-hybridized carbons (Fsp3) is 0.0938. The average Bonchev–Trinajstić information content (AvgIpc) is 3.29. The summed E-state index contributed by atoms with van der Waals surface area (Å²) in [5, 5.41) is 2.12. The van der Waals surface area contributed by atoms with Crippen LogP contribution in [0.1, 0.15) is 0 Å². The molecule has 4 nitrogen and oxygen atoms in total. The molecule has 4 heterocycles. The van der Waals surface area contributed by atoms with Crippen LogP contribution in [0.25, 0.3) is 33.2 Å². The minimum atomic E-state index is -2.01. The first kappa shape index (κ1) is 22.1. The van der Waals surface area contributed by atoms with Gasteiger partial charge in [0.1, 0.15) is 0 Å². The van der Waals surface area contributed by atoms with Crippen molar-refractivity contribution in [3.8, 4) is 34.3 Å². The number of rotatable bonds is 2. The van der Waals surface area contributed by atoms with Gasteiger partial charge in [0.2, 0.25) is 0 Å². The third-order valence-electron chi connectivity index (χ3n) is 7.83. The second-order valence-corrected chi connectivity index (χ2v) is 21.8. The molecule has 0 radical (unpaired) electrons. The van der Waals surface area contributed by atoms with Crippen LogP contribution in [-0.2, 0) is 0 Å². The van der Waals surface area contributed by atoms with E-state index < -0.39 is 13.3 Å². The quantitative estimate of drug-likeness (QED) is 0.249. The molecule has 6 aromatic rings. The van der Waals surface area contributed by atoms with Gasteiger partial charge in [0.25, 0.3) is 0 Å². The molecule has 4 aromatic carbocycles. The number of hydrogen-bond donors (Lipinski definition) is 0. The molecular weight excluding hydrogens is 530 g/mol. The Kier molecular flexibility index (Phi) is 4.51. The molecule has 0 saturated heterocycles. The van der Waals surface area contributed by atoms with Crippen molar-refractivity contribution in [2.24, 2.45) is 0 Å². The van der Waals surface area contributed by atoms with Crippen LogP contribution >= 0.6 is 0 Å². The van der Waals surface area contributed by atoms with E-state index in [1.165, 1.54) is 4.40 Å². The number of nitrogens with zero attached hydrogens (tertiary/aromatic N) is 1. The van der Waals surface area contributed by atoms with E-state index in [9.17, 15) is 0 Å². The minimum absolute atomic E-state index is 0.0174. The summed E-state index contributed by atoms with van der Waals surface area (Å²) in [6.45, 7) is 0.0174. The average molecular weight is 554 g/mol. The van der Waals surface area contributed by atoms with E-state index in [0.29, 0.717) is 0 Å². The third-order valence-corrected chi connectivity index (χ3v) is 12.1. The first-order valence-electron chi connectivity index (χ1n) is 13.0. The monoisotopic (exact) mass is 555 g/mol. The second kappa shape index (κ2) is 7.78. The molecule has 8 rings (SSSR count). The van der Waals surface area contributed by atoms with Crippen molar-refractivity contribution in [3.63, 3.8) is 0 Å². The fourth-order valence-electron chi connectivity index (χ4n) is 5.91. The van der Waals surface area contributed by atoms with Gasteiger partial charge in [-0.05, 0) is 12.1 Å². The Morgan fingerprint density at radius 1 is 0.684 bits per heavy atom. The second-order valence-electron chi connectivity index (χ2n) is 11.2. The van der Waals surface area contributed by atoms with Crippen LogP contribution < -0.4 is 30.3 Å². The Bertz CT molecular complexity index is 1940. The maximum atomic E-state index is 6.64. The Balaban J connectivity index is 1.36. The van der Waals surface area contributed by atoms with Gasteiger partial charge in [-0.25, -0.2) is 0 Å². The van der Waals surface area contributed by atoms with Crippen LogP contribution in [-0.4, -0.2) is 25.0 Å². The van der Waals surface area contributed by atoms with Crippen molar-refractivity contribution in [1.29, 1.82) is 0 Å². The molecule has 0 bridgehead atoms. The summed E-state index contributed by atoms with van der Waals surface area (Å²) in [6, 6.07) is 29.4. The first-order chi connectivity index (χ1) is 18.5. The van der Waals surface area contributed by atoms with Gasteiger partial charge < -0.3 is 4.74 Å². The van der Waals surface area contributed by atoms with Gasteiger partial charge in [-0.1, -0.05) is 18.2 Å². The third kappa shape index (κ3) is 3.15. The SMILES string of the molecule is [CH3][Ge]([CH3])([CH3])[c]1ccnc(-c2cccc3c2oc2cc4c(cc23)Oc2cccc3c2B4c2ccccc2O3)c1.